The van der Waals surface area contributed by atoms with Crippen LogP contribution in [0.25, 0.3) is 0 Å². The van der Waals surface area contributed by atoms with Crippen molar-refractivity contribution in [1.29, 1.82) is 0 Å². The Labute approximate surface area is 160 Å². The van der Waals surface area contributed by atoms with Gasteiger partial charge in [-0.1, -0.05) is 0 Å². The van der Waals surface area contributed by atoms with Gasteiger partial charge in [-0.05, 0) is 51.0 Å². The van der Waals surface area contributed by atoms with E-state index in [-0.39, 0.29) is 35.6 Å². The van der Waals surface area contributed by atoms with Crippen LogP contribution in [0.2, 0.25) is 0 Å². The average Bonchev–Trinajstić information content (AvgIpc) is 2.70. The molecule has 2 heterocycles. The molecule has 2 aliphatic heterocycles. The van der Waals surface area contributed by atoms with E-state index in [9.17, 15) is 4.79 Å². The van der Waals surface area contributed by atoms with Gasteiger partial charge in [-0.3, -0.25) is 9.69 Å². The van der Waals surface area contributed by atoms with Gasteiger partial charge in [0.15, 0.2) is 0 Å². The molecule has 0 spiro atoms. The first kappa shape index (κ1) is 18.3. The predicted molar refractivity (Wildman–Crippen MR) is 99.4 cm³/mol. The molecule has 1 saturated carbocycles. The SMILES string of the molecule is COc1ccc(OC2=COC3C(CCC4OCN(C(C)C)CC43)C2=O)cc1. The molecular weight excluding hydrogens is 346 g/mol. The first-order valence-electron chi connectivity index (χ1n) is 9.64. The average molecular weight is 373 g/mol. The molecule has 0 N–H and O–H groups in total. The number of carbonyl (C=O) groups is 1. The van der Waals surface area contributed by atoms with Gasteiger partial charge in [-0.25, -0.2) is 0 Å². The normalized spacial score (nSPS) is 30.8. The van der Waals surface area contributed by atoms with Gasteiger partial charge in [0.2, 0.25) is 11.5 Å². The fourth-order valence-corrected chi connectivity index (χ4v) is 4.24. The third kappa shape index (κ3) is 3.56. The van der Waals surface area contributed by atoms with E-state index in [1.54, 1.807) is 31.4 Å². The van der Waals surface area contributed by atoms with Crippen molar-refractivity contribution in [2.45, 2.75) is 44.9 Å². The van der Waals surface area contributed by atoms with Crippen molar-refractivity contribution >= 4 is 5.78 Å². The van der Waals surface area contributed by atoms with Crippen molar-refractivity contribution in [3.8, 4) is 11.5 Å². The molecule has 6 nitrogen and oxygen atoms in total. The van der Waals surface area contributed by atoms with Gasteiger partial charge in [0, 0.05) is 18.5 Å². The highest BCUT2D eigenvalue weighted by atomic mass is 16.5. The second kappa shape index (κ2) is 7.52. The first-order valence-corrected chi connectivity index (χ1v) is 9.64. The Morgan fingerprint density at radius 2 is 1.89 bits per heavy atom. The molecular formula is C21H27NO5. The zero-order valence-electron chi connectivity index (χ0n) is 16.1. The van der Waals surface area contributed by atoms with Crippen molar-refractivity contribution in [2.24, 2.45) is 11.8 Å². The molecule has 0 radical (unpaired) electrons. The summed E-state index contributed by atoms with van der Waals surface area (Å²) in [5.74, 6) is 1.69. The monoisotopic (exact) mass is 373 g/mol. The molecule has 3 aliphatic rings. The zero-order valence-corrected chi connectivity index (χ0v) is 16.1. The standard InChI is InChI=1S/C21H27NO5/c1-13(2)22-10-17-18(26-12-22)9-8-16-20(23)19(11-25-21(16)17)27-15-6-4-14(24-3)5-7-15/h4-7,11,13,16-18,21H,8-10,12H2,1-3H3. The minimum Gasteiger partial charge on any atom is -0.497 e. The van der Waals surface area contributed by atoms with E-state index in [1.807, 2.05) is 0 Å². The number of methoxy groups -OCH3 is 1. The summed E-state index contributed by atoms with van der Waals surface area (Å²) >= 11 is 0. The fraction of sp³-hybridized carbons (Fsp3) is 0.571. The summed E-state index contributed by atoms with van der Waals surface area (Å²) in [6.07, 6.45) is 3.19. The summed E-state index contributed by atoms with van der Waals surface area (Å²) in [7, 11) is 1.61. The van der Waals surface area contributed by atoms with Crippen LogP contribution >= 0.6 is 0 Å². The number of ether oxygens (including phenoxy) is 4. The van der Waals surface area contributed by atoms with Crippen molar-refractivity contribution < 1.29 is 23.7 Å². The molecule has 4 rings (SSSR count). The lowest BCUT2D eigenvalue weighted by molar-refractivity contribution is -0.178. The molecule has 27 heavy (non-hydrogen) atoms. The van der Waals surface area contributed by atoms with Crippen molar-refractivity contribution in [1.82, 2.24) is 4.90 Å². The number of Topliss-reactive ketones (excluding diaryl/α,β-unsaturated/α-hetero) is 1. The van der Waals surface area contributed by atoms with Crippen LogP contribution in [0.4, 0.5) is 0 Å². The smallest absolute Gasteiger partial charge is 0.208 e. The largest absolute Gasteiger partial charge is 0.497 e. The fourth-order valence-electron chi connectivity index (χ4n) is 4.24. The van der Waals surface area contributed by atoms with Crippen LogP contribution < -0.4 is 9.47 Å². The second-order valence-corrected chi connectivity index (χ2v) is 7.77. The Bertz CT molecular complexity index is 714. The molecule has 0 amide bonds. The third-order valence-corrected chi connectivity index (χ3v) is 5.89. The quantitative estimate of drug-likeness (QED) is 0.809. The van der Waals surface area contributed by atoms with E-state index in [2.05, 4.69) is 18.7 Å². The Balaban J connectivity index is 1.48. The number of hydrogen-bond donors (Lipinski definition) is 0. The lowest BCUT2D eigenvalue weighted by Crippen LogP contribution is -2.57. The number of benzene rings is 1. The molecule has 6 heteroatoms. The number of nitrogens with zero attached hydrogens (tertiary/aromatic N) is 1. The molecule has 1 saturated heterocycles. The van der Waals surface area contributed by atoms with E-state index in [4.69, 9.17) is 18.9 Å². The van der Waals surface area contributed by atoms with Crippen LogP contribution in [-0.4, -0.2) is 49.3 Å². The van der Waals surface area contributed by atoms with Crippen LogP contribution in [0.3, 0.4) is 0 Å². The summed E-state index contributed by atoms with van der Waals surface area (Å²) in [5.41, 5.74) is 0. The van der Waals surface area contributed by atoms with Gasteiger partial charge in [0.25, 0.3) is 0 Å². The van der Waals surface area contributed by atoms with Crippen molar-refractivity contribution in [2.75, 3.05) is 20.4 Å². The molecule has 4 unspecified atom stereocenters. The van der Waals surface area contributed by atoms with E-state index in [0.717, 1.165) is 25.1 Å². The highest BCUT2D eigenvalue weighted by Gasteiger charge is 2.49. The van der Waals surface area contributed by atoms with Crippen LogP contribution in [0, 0.1) is 11.8 Å². The van der Waals surface area contributed by atoms with Crippen LogP contribution in [0.5, 0.6) is 11.5 Å². The second-order valence-electron chi connectivity index (χ2n) is 7.77. The number of allylic oxidation sites excluding steroid dienone is 1. The molecule has 0 bridgehead atoms. The van der Waals surface area contributed by atoms with Gasteiger partial charge in [0.05, 0.1) is 25.9 Å². The summed E-state index contributed by atoms with van der Waals surface area (Å²) < 4.78 is 23.0. The molecule has 146 valence electrons. The van der Waals surface area contributed by atoms with Gasteiger partial charge >= 0.3 is 0 Å². The van der Waals surface area contributed by atoms with Crippen LogP contribution in [-0.2, 0) is 14.3 Å². The molecule has 1 aromatic rings. The summed E-state index contributed by atoms with van der Waals surface area (Å²) in [4.78, 5) is 15.3. The zero-order chi connectivity index (χ0) is 19.0. The van der Waals surface area contributed by atoms with E-state index in [0.29, 0.717) is 18.5 Å². The van der Waals surface area contributed by atoms with Crippen molar-refractivity contribution in [3.05, 3.63) is 36.3 Å². The molecule has 2 fully saturated rings. The molecule has 4 atom stereocenters. The topological polar surface area (TPSA) is 57.2 Å². The van der Waals surface area contributed by atoms with Crippen LogP contribution in [0.15, 0.2) is 36.3 Å². The van der Waals surface area contributed by atoms with Gasteiger partial charge in [0.1, 0.15) is 23.9 Å². The lowest BCUT2D eigenvalue weighted by atomic mass is 9.73. The van der Waals surface area contributed by atoms with E-state index >= 15 is 0 Å². The Morgan fingerprint density at radius 1 is 1.15 bits per heavy atom. The first-order chi connectivity index (χ1) is 13.1. The molecule has 1 aromatic carbocycles. The maximum absolute atomic E-state index is 13.0. The maximum Gasteiger partial charge on any atom is 0.208 e. The van der Waals surface area contributed by atoms with Crippen molar-refractivity contribution in [3.63, 3.8) is 0 Å². The maximum atomic E-state index is 13.0. The number of hydrogen-bond acceptors (Lipinski definition) is 6. The summed E-state index contributed by atoms with van der Waals surface area (Å²) in [6.45, 7) is 5.89. The number of carbonyl (C=O) groups excluding carboxylic acids is 1. The third-order valence-electron chi connectivity index (χ3n) is 5.89. The van der Waals surface area contributed by atoms with Gasteiger partial charge in [-0.15, -0.1) is 0 Å². The van der Waals surface area contributed by atoms with E-state index in [1.165, 1.54) is 6.26 Å². The Morgan fingerprint density at radius 3 is 2.59 bits per heavy atom. The highest BCUT2D eigenvalue weighted by molar-refractivity contribution is 5.96. The Kier molecular flexibility index (Phi) is 5.10. The predicted octanol–water partition coefficient (Wildman–Crippen LogP) is 2.98. The Hall–Kier alpha value is -2.05. The van der Waals surface area contributed by atoms with Crippen LogP contribution in [0.1, 0.15) is 26.7 Å². The highest BCUT2D eigenvalue weighted by Crippen LogP contribution is 2.40. The number of ketones is 1. The lowest BCUT2D eigenvalue weighted by Gasteiger charge is -2.48. The minimum atomic E-state index is -0.166. The number of rotatable bonds is 4. The summed E-state index contributed by atoms with van der Waals surface area (Å²) in [5, 5.41) is 0. The number of fused-ring (bicyclic) bond motifs is 3. The summed E-state index contributed by atoms with van der Waals surface area (Å²) in [6, 6.07) is 7.59. The van der Waals surface area contributed by atoms with Gasteiger partial charge < -0.3 is 18.9 Å². The molecule has 0 aromatic heterocycles. The van der Waals surface area contributed by atoms with Gasteiger partial charge in [-0.2, -0.15) is 0 Å². The van der Waals surface area contributed by atoms with E-state index < -0.39 is 0 Å². The molecule has 1 aliphatic carbocycles. The minimum absolute atomic E-state index is 0.0298.